The van der Waals surface area contributed by atoms with Crippen LogP contribution >= 0.6 is 15.6 Å². The molecule has 0 aliphatic heterocycles. The highest BCUT2D eigenvalue weighted by molar-refractivity contribution is 7.47. The molecule has 3 unspecified atom stereocenters. The van der Waals surface area contributed by atoms with Crippen molar-refractivity contribution in [2.45, 2.75) is 304 Å². The topological polar surface area (TPSA) is 237 Å². The summed E-state index contributed by atoms with van der Waals surface area (Å²) in [6.07, 6.45) is 31.2. The summed E-state index contributed by atoms with van der Waals surface area (Å²) in [5.41, 5.74) is 0. The number of rotatable bonds is 58. The van der Waals surface area contributed by atoms with Gasteiger partial charge in [-0.25, -0.2) is 9.13 Å². The summed E-state index contributed by atoms with van der Waals surface area (Å²) in [7, 11) is -9.87. The second-order valence-corrected chi connectivity index (χ2v) is 25.8. The van der Waals surface area contributed by atoms with E-state index >= 15 is 0 Å². The summed E-state index contributed by atoms with van der Waals surface area (Å²) < 4.78 is 67.6. The first kappa shape index (κ1) is 77.1. The number of aliphatic hydroxyl groups excluding tert-OH is 1. The number of carbonyl (C=O) groups excluding carboxylic acids is 4. The molecule has 0 aromatic rings. The molecule has 0 fully saturated rings. The van der Waals surface area contributed by atoms with E-state index in [-0.39, 0.29) is 25.7 Å². The Morgan fingerprint density at radius 3 is 0.962 bits per heavy atom. The van der Waals surface area contributed by atoms with Gasteiger partial charge in [0.2, 0.25) is 0 Å². The number of hydrogen-bond donors (Lipinski definition) is 3. The van der Waals surface area contributed by atoms with Crippen molar-refractivity contribution in [1.82, 2.24) is 0 Å². The minimum absolute atomic E-state index is 0.101. The zero-order valence-corrected chi connectivity index (χ0v) is 52.6. The van der Waals surface area contributed by atoms with Gasteiger partial charge in [-0.05, 0) is 43.4 Å². The summed E-state index contributed by atoms with van der Waals surface area (Å²) in [4.78, 5) is 71.7. The third-order valence-electron chi connectivity index (χ3n) is 14.0. The van der Waals surface area contributed by atoms with Gasteiger partial charge in [0.15, 0.2) is 12.2 Å². The van der Waals surface area contributed by atoms with E-state index in [1.807, 2.05) is 0 Å². The van der Waals surface area contributed by atoms with Gasteiger partial charge in [0.25, 0.3) is 0 Å². The molecule has 0 radical (unpaired) electrons. The Labute approximate surface area is 479 Å². The zero-order valence-electron chi connectivity index (χ0n) is 50.8. The average molecular weight is 1170 g/mol. The van der Waals surface area contributed by atoms with Crippen molar-refractivity contribution in [3.8, 4) is 0 Å². The van der Waals surface area contributed by atoms with E-state index < -0.39 is 97.5 Å². The average Bonchev–Trinajstić information content (AvgIpc) is 3.40. The molecule has 0 aliphatic carbocycles. The number of esters is 4. The number of ether oxygens (including phenoxy) is 4. The van der Waals surface area contributed by atoms with Crippen molar-refractivity contribution < 1.29 is 80.2 Å². The van der Waals surface area contributed by atoms with Gasteiger partial charge >= 0.3 is 39.5 Å². The fourth-order valence-corrected chi connectivity index (χ4v) is 10.3. The minimum Gasteiger partial charge on any atom is -0.462 e. The molecular weight excluding hydrogens is 1050 g/mol. The van der Waals surface area contributed by atoms with E-state index in [4.69, 9.17) is 37.0 Å². The van der Waals surface area contributed by atoms with Crippen molar-refractivity contribution in [2.24, 2.45) is 17.8 Å². The molecule has 0 aliphatic rings. The zero-order chi connectivity index (χ0) is 58.8. The number of carbonyl (C=O) groups is 4. The van der Waals surface area contributed by atoms with Crippen LogP contribution < -0.4 is 0 Å². The first-order chi connectivity index (χ1) is 37.8. The standard InChI is InChI=1S/C60H116O17P2/c1-8-10-11-24-34-41-57(62)70-47-55(77-60(65)44-37-30-23-22-26-32-39-52(5)6)49-74-78(66,67)72-45-54(61)46-73-79(68,69)75-50-56(48-71-58(63)42-35-28-20-17-16-18-25-31-38-51(3)4)76-59(64)43-36-29-21-15-13-12-14-19-27-33-40-53(7)9-2/h51-56,61H,8-50H2,1-7H3,(H,66,67)(H,68,69)/t53?,54-,55+,56+/m0/s1. The molecule has 0 bridgehead atoms. The number of aliphatic hydroxyl groups is 1. The Morgan fingerprint density at radius 1 is 0.367 bits per heavy atom. The Kier molecular flexibility index (Phi) is 50.4. The van der Waals surface area contributed by atoms with Crippen LogP contribution in [0.25, 0.3) is 0 Å². The van der Waals surface area contributed by atoms with E-state index in [0.29, 0.717) is 31.6 Å². The highest BCUT2D eigenvalue weighted by Gasteiger charge is 2.30. The predicted molar refractivity (Wildman–Crippen MR) is 312 cm³/mol. The summed E-state index contributed by atoms with van der Waals surface area (Å²) >= 11 is 0. The van der Waals surface area contributed by atoms with Crippen molar-refractivity contribution in [1.29, 1.82) is 0 Å². The highest BCUT2D eigenvalue weighted by Crippen LogP contribution is 2.45. The molecule has 19 heteroatoms. The molecule has 0 heterocycles. The maximum Gasteiger partial charge on any atom is 0.472 e. The molecule has 17 nitrogen and oxygen atoms in total. The van der Waals surface area contributed by atoms with Crippen LogP contribution in [-0.4, -0.2) is 96.7 Å². The van der Waals surface area contributed by atoms with Crippen LogP contribution in [0.15, 0.2) is 0 Å². The summed E-state index contributed by atoms with van der Waals surface area (Å²) in [5, 5.41) is 10.5. The maximum atomic E-state index is 12.9. The SMILES string of the molecule is CCCCCCCC(=O)OC[C@H](COP(=O)(O)OC[C@H](O)COP(=O)(O)OC[C@@H](COC(=O)CCCCCCCCCCC(C)C)OC(=O)CCCCCCCCCCCCC(C)CC)OC(=O)CCCCCCCCC(C)C. The smallest absolute Gasteiger partial charge is 0.462 e. The molecular formula is C60H116O17P2. The van der Waals surface area contributed by atoms with Crippen LogP contribution in [0, 0.1) is 17.8 Å². The molecule has 0 saturated carbocycles. The lowest BCUT2D eigenvalue weighted by atomic mass is 9.99. The lowest BCUT2D eigenvalue weighted by Crippen LogP contribution is -2.30. The van der Waals surface area contributed by atoms with Gasteiger partial charge in [-0.3, -0.25) is 37.3 Å². The predicted octanol–water partition coefficient (Wildman–Crippen LogP) is 15.9. The van der Waals surface area contributed by atoms with Gasteiger partial charge in [-0.15, -0.1) is 0 Å². The Hall–Kier alpha value is -1.94. The lowest BCUT2D eigenvalue weighted by Gasteiger charge is -2.21. The number of phosphoric ester groups is 2. The molecule has 6 atom stereocenters. The van der Waals surface area contributed by atoms with Crippen molar-refractivity contribution in [3.63, 3.8) is 0 Å². The molecule has 0 aromatic carbocycles. The number of hydrogen-bond acceptors (Lipinski definition) is 15. The van der Waals surface area contributed by atoms with Crippen LogP contribution in [0.5, 0.6) is 0 Å². The quantitative estimate of drug-likeness (QED) is 0.0222. The Morgan fingerprint density at radius 2 is 0.646 bits per heavy atom. The summed E-state index contributed by atoms with van der Waals surface area (Å²) in [6.45, 7) is 11.6. The second-order valence-electron chi connectivity index (χ2n) is 22.9. The third-order valence-corrected chi connectivity index (χ3v) is 15.9. The number of phosphoric acid groups is 2. The van der Waals surface area contributed by atoms with Gasteiger partial charge in [0, 0.05) is 25.7 Å². The van der Waals surface area contributed by atoms with Crippen LogP contribution in [0.2, 0.25) is 0 Å². The van der Waals surface area contributed by atoms with Crippen LogP contribution in [0.3, 0.4) is 0 Å². The van der Waals surface area contributed by atoms with Crippen LogP contribution in [0.4, 0.5) is 0 Å². The first-order valence-corrected chi connectivity index (χ1v) is 34.4. The van der Waals surface area contributed by atoms with Gasteiger partial charge in [0.1, 0.15) is 19.3 Å². The fraction of sp³-hybridized carbons (Fsp3) is 0.933. The Bertz CT molecular complexity index is 1580. The molecule has 79 heavy (non-hydrogen) atoms. The van der Waals surface area contributed by atoms with E-state index in [9.17, 15) is 43.2 Å². The maximum absolute atomic E-state index is 12.9. The van der Waals surface area contributed by atoms with Crippen LogP contribution in [-0.2, 0) is 65.4 Å². The number of unbranched alkanes of at least 4 members (excludes halogenated alkanes) is 25. The van der Waals surface area contributed by atoms with E-state index in [1.165, 1.54) is 89.9 Å². The van der Waals surface area contributed by atoms with E-state index in [0.717, 1.165) is 108 Å². The first-order valence-electron chi connectivity index (χ1n) is 31.4. The summed E-state index contributed by atoms with van der Waals surface area (Å²) in [6, 6.07) is 0. The van der Waals surface area contributed by atoms with Gasteiger partial charge < -0.3 is 33.8 Å². The molecule has 0 amide bonds. The van der Waals surface area contributed by atoms with Gasteiger partial charge in [-0.2, -0.15) is 0 Å². The minimum atomic E-state index is -4.94. The fourth-order valence-electron chi connectivity index (χ4n) is 8.74. The van der Waals surface area contributed by atoms with Crippen molar-refractivity contribution >= 4 is 39.5 Å². The molecule has 468 valence electrons. The normalized spacial score (nSPS) is 14.8. The van der Waals surface area contributed by atoms with E-state index in [1.54, 1.807) is 0 Å². The summed E-state index contributed by atoms with van der Waals surface area (Å²) in [5.74, 6) is 0.0428. The second kappa shape index (κ2) is 51.7. The molecule has 3 N–H and O–H groups in total. The largest absolute Gasteiger partial charge is 0.472 e. The Balaban J connectivity index is 5.19. The lowest BCUT2D eigenvalue weighted by molar-refractivity contribution is -0.161. The molecule has 0 spiro atoms. The van der Waals surface area contributed by atoms with E-state index in [2.05, 4.69) is 48.5 Å². The van der Waals surface area contributed by atoms with Crippen molar-refractivity contribution in [2.75, 3.05) is 39.6 Å². The van der Waals surface area contributed by atoms with Crippen molar-refractivity contribution in [3.05, 3.63) is 0 Å². The van der Waals surface area contributed by atoms with Gasteiger partial charge in [0.05, 0.1) is 26.4 Å². The third kappa shape index (κ3) is 53.8. The molecule has 0 saturated heterocycles. The van der Waals surface area contributed by atoms with Gasteiger partial charge in [-0.1, -0.05) is 235 Å². The molecule has 0 aromatic heterocycles. The highest BCUT2D eigenvalue weighted by atomic mass is 31.2. The molecule has 0 rings (SSSR count). The van der Waals surface area contributed by atoms with Crippen LogP contribution in [0.1, 0.15) is 286 Å². The monoisotopic (exact) mass is 1170 g/mol.